The Balaban J connectivity index is 0.000000236. The van der Waals surface area contributed by atoms with Gasteiger partial charge in [0.1, 0.15) is 0 Å². The van der Waals surface area contributed by atoms with E-state index in [1.807, 2.05) is 0 Å². The first-order valence-electron chi connectivity index (χ1n) is 3.03. The molecule has 0 saturated heterocycles. The van der Waals surface area contributed by atoms with Gasteiger partial charge in [0.15, 0.2) is 0 Å². The average Bonchev–Trinajstić information content (AvgIpc) is 1.59. The number of carboxylic acid groups (broad SMARTS) is 2. The van der Waals surface area contributed by atoms with Crippen LogP contribution in [0, 0.1) is 5.92 Å². The van der Waals surface area contributed by atoms with Gasteiger partial charge in [-0.05, 0) is 12.8 Å². The lowest BCUT2D eigenvalue weighted by Gasteiger charge is -2.19. The van der Waals surface area contributed by atoms with E-state index in [-0.39, 0.29) is 12.4 Å². The molecule has 2 N–H and O–H groups in total. The van der Waals surface area contributed by atoms with Crippen LogP contribution in [0.3, 0.4) is 0 Å². The van der Waals surface area contributed by atoms with Gasteiger partial charge in [-0.15, -0.1) is 0 Å². The third-order valence-corrected chi connectivity index (χ3v) is 1.45. The van der Waals surface area contributed by atoms with Crippen LogP contribution in [0.2, 0.25) is 0 Å². The number of hydrogen-bond donors (Lipinski definition) is 2. The van der Waals surface area contributed by atoms with Crippen LogP contribution in [-0.4, -0.2) is 22.7 Å². The normalized spacial score (nSPS) is 16.0. The van der Waals surface area contributed by atoms with E-state index in [0.29, 0.717) is 0 Å². The van der Waals surface area contributed by atoms with Gasteiger partial charge in [-0.1, -0.05) is 6.42 Å². The van der Waals surface area contributed by atoms with Crippen LogP contribution < -0.4 is 0 Å². The summed E-state index contributed by atoms with van der Waals surface area (Å²) in [5.74, 6) is -0.619. The lowest BCUT2D eigenvalue weighted by molar-refractivity contribution is -0.144. The smallest absolute Gasteiger partial charge is 0.306 e. The first kappa shape index (κ1) is 8.94. The molecule has 0 aromatic heterocycles. The van der Waals surface area contributed by atoms with E-state index >= 15 is 0 Å². The van der Waals surface area contributed by atoms with Crippen LogP contribution in [-0.2, 0) is 9.59 Å². The van der Waals surface area contributed by atoms with Crippen LogP contribution in [0.15, 0.2) is 0 Å². The maximum atomic E-state index is 9.98. The SMILES string of the molecule is O=C(O)C1CCC1.O=CO. The summed E-state index contributed by atoms with van der Waals surface area (Å²) >= 11 is 0. The van der Waals surface area contributed by atoms with Crippen molar-refractivity contribution in [2.45, 2.75) is 19.3 Å². The fourth-order valence-electron chi connectivity index (χ4n) is 0.655. The molecule has 1 aliphatic carbocycles. The highest BCUT2D eigenvalue weighted by Crippen LogP contribution is 2.25. The van der Waals surface area contributed by atoms with Crippen molar-refractivity contribution in [3.63, 3.8) is 0 Å². The molecule has 0 atom stereocenters. The Morgan fingerprint density at radius 1 is 1.50 bits per heavy atom. The average molecular weight is 146 g/mol. The largest absolute Gasteiger partial charge is 0.483 e. The van der Waals surface area contributed by atoms with Gasteiger partial charge in [-0.3, -0.25) is 9.59 Å². The highest BCUT2D eigenvalue weighted by molar-refractivity contribution is 5.70. The first-order chi connectivity index (χ1) is 4.72. The molecule has 0 aromatic rings. The molecule has 1 rings (SSSR count). The van der Waals surface area contributed by atoms with Gasteiger partial charge in [0, 0.05) is 0 Å². The molecule has 0 bridgehead atoms. The second-order valence-corrected chi connectivity index (χ2v) is 2.07. The molecule has 0 aliphatic heterocycles. The summed E-state index contributed by atoms with van der Waals surface area (Å²) in [5, 5.41) is 15.1. The van der Waals surface area contributed by atoms with Crippen LogP contribution in [0.25, 0.3) is 0 Å². The van der Waals surface area contributed by atoms with Crippen molar-refractivity contribution in [2.75, 3.05) is 0 Å². The number of aliphatic carboxylic acids is 1. The predicted octanol–water partition coefficient (Wildman–Crippen LogP) is 0.572. The number of hydrogen-bond acceptors (Lipinski definition) is 2. The molecule has 10 heavy (non-hydrogen) atoms. The van der Waals surface area contributed by atoms with Gasteiger partial charge < -0.3 is 10.2 Å². The van der Waals surface area contributed by atoms with E-state index < -0.39 is 5.97 Å². The quantitative estimate of drug-likeness (QED) is 0.530. The summed E-state index contributed by atoms with van der Waals surface area (Å²) in [4.78, 5) is 18.3. The van der Waals surface area contributed by atoms with E-state index in [4.69, 9.17) is 15.0 Å². The Hall–Kier alpha value is -1.06. The van der Waals surface area contributed by atoms with E-state index in [1.165, 1.54) is 0 Å². The van der Waals surface area contributed by atoms with Crippen LogP contribution in [0.4, 0.5) is 0 Å². The van der Waals surface area contributed by atoms with Crippen molar-refractivity contribution in [3.05, 3.63) is 0 Å². The lowest BCUT2D eigenvalue weighted by atomic mass is 9.86. The summed E-state index contributed by atoms with van der Waals surface area (Å²) in [6, 6.07) is 0. The van der Waals surface area contributed by atoms with Crippen molar-refractivity contribution >= 4 is 12.4 Å². The van der Waals surface area contributed by atoms with Gasteiger partial charge in [-0.2, -0.15) is 0 Å². The minimum atomic E-state index is -0.619. The highest BCUT2D eigenvalue weighted by atomic mass is 16.4. The second-order valence-electron chi connectivity index (χ2n) is 2.07. The van der Waals surface area contributed by atoms with Crippen LogP contribution in [0.5, 0.6) is 0 Å². The minimum Gasteiger partial charge on any atom is -0.483 e. The topological polar surface area (TPSA) is 74.6 Å². The van der Waals surface area contributed by atoms with Crippen molar-refractivity contribution in [1.29, 1.82) is 0 Å². The first-order valence-corrected chi connectivity index (χ1v) is 3.03. The van der Waals surface area contributed by atoms with Gasteiger partial charge in [-0.25, -0.2) is 0 Å². The van der Waals surface area contributed by atoms with Crippen molar-refractivity contribution in [1.82, 2.24) is 0 Å². The number of rotatable bonds is 1. The van der Waals surface area contributed by atoms with Crippen molar-refractivity contribution in [3.8, 4) is 0 Å². The highest BCUT2D eigenvalue weighted by Gasteiger charge is 2.23. The molecular weight excluding hydrogens is 136 g/mol. The van der Waals surface area contributed by atoms with Gasteiger partial charge in [0.25, 0.3) is 6.47 Å². The van der Waals surface area contributed by atoms with Crippen LogP contribution in [0.1, 0.15) is 19.3 Å². The summed E-state index contributed by atoms with van der Waals surface area (Å²) in [5.41, 5.74) is 0. The van der Waals surface area contributed by atoms with Crippen LogP contribution >= 0.6 is 0 Å². The van der Waals surface area contributed by atoms with E-state index in [2.05, 4.69) is 0 Å². The van der Waals surface area contributed by atoms with Gasteiger partial charge in [0.2, 0.25) is 0 Å². The standard InChI is InChI=1S/C5H8O2.CH2O2/c6-5(7)4-2-1-3-4;2-1-3/h4H,1-3H2,(H,6,7);1H,(H,2,3). The number of carboxylic acids is 1. The maximum Gasteiger partial charge on any atom is 0.306 e. The molecule has 0 radical (unpaired) electrons. The summed E-state index contributed by atoms with van der Waals surface area (Å²) in [6.45, 7) is -0.250. The van der Waals surface area contributed by atoms with Gasteiger partial charge >= 0.3 is 5.97 Å². The molecule has 0 heterocycles. The zero-order chi connectivity index (χ0) is 7.98. The molecule has 1 fully saturated rings. The zero-order valence-electron chi connectivity index (χ0n) is 5.49. The summed E-state index contributed by atoms with van der Waals surface area (Å²) in [7, 11) is 0. The molecule has 0 unspecified atom stereocenters. The predicted molar refractivity (Wildman–Crippen MR) is 33.7 cm³/mol. The second kappa shape index (κ2) is 4.78. The molecule has 0 aromatic carbocycles. The van der Waals surface area contributed by atoms with E-state index in [9.17, 15) is 4.79 Å². The Morgan fingerprint density at radius 2 is 1.90 bits per heavy atom. The van der Waals surface area contributed by atoms with E-state index in [1.54, 1.807) is 0 Å². The molecule has 0 spiro atoms. The maximum absolute atomic E-state index is 9.98. The minimum absolute atomic E-state index is 0.000000000000000444. The zero-order valence-corrected chi connectivity index (χ0v) is 5.49. The third kappa shape index (κ3) is 3.06. The lowest BCUT2D eigenvalue weighted by Crippen LogP contribution is -2.20. The van der Waals surface area contributed by atoms with Crippen molar-refractivity contribution < 1.29 is 19.8 Å². The summed E-state index contributed by atoms with van der Waals surface area (Å²) < 4.78 is 0. The monoisotopic (exact) mass is 146 g/mol. The number of carbonyl (C=O) groups is 2. The Bertz CT molecular complexity index is 117. The van der Waals surface area contributed by atoms with E-state index in [0.717, 1.165) is 19.3 Å². The van der Waals surface area contributed by atoms with Gasteiger partial charge in [0.05, 0.1) is 5.92 Å². The molecule has 58 valence electrons. The fourth-order valence-corrected chi connectivity index (χ4v) is 0.655. The summed E-state index contributed by atoms with van der Waals surface area (Å²) in [6.07, 6.45) is 2.90. The molecule has 4 nitrogen and oxygen atoms in total. The molecule has 0 amide bonds. The Labute approximate surface area is 58.5 Å². The molecular formula is C6H10O4. The van der Waals surface area contributed by atoms with Crippen molar-refractivity contribution in [2.24, 2.45) is 5.92 Å². The molecule has 1 saturated carbocycles. The Morgan fingerprint density at radius 3 is 1.90 bits per heavy atom. The Kier molecular flexibility index (Phi) is 4.28. The third-order valence-electron chi connectivity index (χ3n) is 1.45. The molecule has 1 aliphatic rings. The fraction of sp³-hybridized carbons (Fsp3) is 0.667. The molecule has 4 heteroatoms.